The highest BCUT2D eigenvalue weighted by molar-refractivity contribution is 5.52. The van der Waals surface area contributed by atoms with Gasteiger partial charge in [0.25, 0.3) is 0 Å². The second kappa shape index (κ2) is 11.4. The van der Waals surface area contributed by atoms with Gasteiger partial charge in [-0.2, -0.15) is 10.5 Å². The summed E-state index contributed by atoms with van der Waals surface area (Å²) in [4.78, 5) is 0. The highest BCUT2D eigenvalue weighted by Crippen LogP contribution is 2.35. The molecule has 0 spiro atoms. The van der Waals surface area contributed by atoms with E-state index in [1.54, 1.807) is 0 Å². The molecule has 0 amide bonds. The van der Waals surface area contributed by atoms with Crippen LogP contribution in [0.2, 0.25) is 0 Å². The zero-order valence-electron chi connectivity index (χ0n) is 11.7. The molecule has 20 heavy (non-hydrogen) atoms. The molecule has 1 atom stereocenters. The molecule has 112 valence electrons. The Kier molecular flexibility index (Phi) is 10.5. The van der Waals surface area contributed by atoms with E-state index in [9.17, 15) is 5.11 Å². The van der Waals surface area contributed by atoms with E-state index in [1.807, 2.05) is 0 Å². The van der Waals surface area contributed by atoms with Gasteiger partial charge in [0.2, 0.25) is 0 Å². The van der Waals surface area contributed by atoms with Crippen LogP contribution in [0.3, 0.4) is 0 Å². The van der Waals surface area contributed by atoms with Crippen molar-refractivity contribution >= 4 is 6.21 Å². The topological polar surface area (TPSA) is 121 Å². The summed E-state index contributed by atoms with van der Waals surface area (Å²) in [5.74, 6) is 0. The quantitative estimate of drug-likeness (QED) is 0.466. The van der Waals surface area contributed by atoms with Crippen LogP contribution in [0.4, 0.5) is 0 Å². The predicted octanol–water partition coefficient (Wildman–Crippen LogP) is 1.38. The summed E-state index contributed by atoms with van der Waals surface area (Å²) in [5.41, 5.74) is -0.321. The van der Waals surface area contributed by atoms with Gasteiger partial charge in [0, 0.05) is 12.8 Å². The summed E-state index contributed by atoms with van der Waals surface area (Å²) in [6, 6.07) is 4.20. The lowest BCUT2D eigenvalue weighted by Gasteiger charge is -2.32. The first-order valence-corrected chi connectivity index (χ1v) is 6.73. The van der Waals surface area contributed by atoms with Gasteiger partial charge < -0.3 is 20.4 Å². The van der Waals surface area contributed by atoms with Gasteiger partial charge in [-0.05, 0) is 37.3 Å². The molecule has 0 aromatic rings. The van der Waals surface area contributed by atoms with Gasteiger partial charge in [0.15, 0.2) is 0 Å². The number of hydrogen-bond donors (Lipinski definition) is 3. The fourth-order valence-corrected chi connectivity index (χ4v) is 2.08. The van der Waals surface area contributed by atoms with Gasteiger partial charge in [-0.15, -0.1) is 0 Å². The van der Waals surface area contributed by atoms with Crippen LogP contribution >= 0.6 is 0 Å². The van der Waals surface area contributed by atoms with E-state index in [2.05, 4.69) is 12.1 Å². The van der Waals surface area contributed by atoms with Crippen molar-refractivity contribution in [1.82, 2.24) is 0 Å². The van der Waals surface area contributed by atoms with Crippen molar-refractivity contribution in [1.29, 1.82) is 15.9 Å². The van der Waals surface area contributed by atoms with E-state index >= 15 is 0 Å². The van der Waals surface area contributed by atoms with Crippen LogP contribution < -0.4 is 0 Å². The number of aliphatic hydroxyl groups excluding tert-OH is 2. The molecule has 0 aliphatic rings. The van der Waals surface area contributed by atoms with Crippen molar-refractivity contribution < 1.29 is 14.9 Å². The van der Waals surface area contributed by atoms with Crippen LogP contribution in [0, 0.1) is 33.5 Å². The Morgan fingerprint density at radius 2 is 1.80 bits per heavy atom. The lowest BCUT2D eigenvalue weighted by molar-refractivity contribution is -0.0315. The van der Waals surface area contributed by atoms with Gasteiger partial charge in [-0.3, -0.25) is 0 Å². The molecule has 0 bridgehead atoms. The fourth-order valence-electron chi connectivity index (χ4n) is 2.08. The Hall–Kier alpha value is -1.47. The normalized spacial score (nSPS) is 12.4. The first kappa shape index (κ1) is 18.5. The monoisotopic (exact) mass is 281 g/mol. The minimum atomic E-state index is -0.914. The molecule has 0 heterocycles. The number of rotatable bonds is 12. The van der Waals surface area contributed by atoms with Crippen LogP contribution in [-0.2, 0) is 4.74 Å². The maximum Gasteiger partial charge on any atom is 0.100 e. The summed E-state index contributed by atoms with van der Waals surface area (Å²) in [6.45, 7) is -0.00685. The molecule has 0 fully saturated rings. The van der Waals surface area contributed by atoms with Crippen LogP contribution in [0.1, 0.15) is 38.5 Å². The molecule has 0 saturated heterocycles. The summed E-state index contributed by atoms with van der Waals surface area (Å²) >= 11 is 0. The van der Waals surface area contributed by atoms with Crippen molar-refractivity contribution in [2.24, 2.45) is 5.41 Å². The zero-order chi connectivity index (χ0) is 15.3. The molecule has 0 radical (unpaired) electrons. The Morgan fingerprint density at radius 1 is 1.20 bits per heavy atom. The predicted molar refractivity (Wildman–Crippen MR) is 74.1 cm³/mol. The van der Waals surface area contributed by atoms with Crippen LogP contribution in [0.5, 0.6) is 0 Å². The summed E-state index contributed by atoms with van der Waals surface area (Å²) in [5, 5.41) is 42.7. The van der Waals surface area contributed by atoms with Crippen molar-refractivity contribution in [2.45, 2.75) is 44.6 Å². The Bertz CT molecular complexity index is 329. The largest absolute Gasteiger partial charge is 0.394 e. The van der Waals surface area contributed by atoms with Gasteiger partial charge in [-0.1, -0.05) is 0 Å². The molecule has 6 heteroatoms. The number of aliphatic hydroxyl groups is 2. The lowest BCUT2D eigenvalue weighted by atomic mass is 9.76. The third-order valence-electron chi connectivity index (χ3n) is 3.28. The molecule has 6 nitrogen and oxygen atoms in total. The standard InChI is InChI=1S/C14H23N3O3/c15-7-1-4-14(5-2-8-16,6-3-9-17)12-20-11-13(19)10-18/h7,13,15,18-19H,1-6,10-12H2. The average molecular weight is 281 g/mol. The number of nitrogens with zero attached hydrogens (tertiary/aromatic N) is 2. The zero-order valence-corrected chi connectivity index (χ0v) is 11.7. The molecule has 0 aliphatic heterocycles. The van der Waals surface area contributed by atoms with E-state index in [0.717, 1.165) is 0 Å². The smallest absolute Gasteiger partial charge is 0.100 e. The van der Waals surface area contributed by atoms with Gasteiger partial charge in [0.05, 0.1) is 32.0 Å². The molecule has 0 aliphatic carbocycles. The molecule has 0 rings (SSSR count). The van der Waals surface area contributed by atoms with Gasteiger partial charge in [-0.25, -0.2) is 0 Å². The molecule has 0 saturated carbocycles. The highest BCUT2D eigenvalue weighted by atomic mass is 16.5. The number of hydrogen-bond acceptors (Lipinski definition) is 6. The summed E-state index contributed by atoms with van der Waals surface area (Å²) in [6.07, 6.45) is 3.60. The maximum absolute atomic E-state index is 9.27. The highest BCUT2D eigenvalue weighted by Gasteiger charge is 2.29. The van der Waals surface area contributed by atoms with Crippen molar-refractivity contribution in [3.63, 3.8) is 0 Å². The Morgan fingerprint density at radius 3 is 2.25 bits per heavy atom. The molecular weight excluding hydrogens is 258 g/mol. The first-order valence-electron chi connectivity index (χ1n) is 6.73. The van der Waals surface area contributed by atoms with Crippen LogP contribution in [0.25, 0.3) is 0 Å². The fraction of sp³-hybridized carbons (Fsp3) is 0.786. The van der Waals surface area contributed by atoms with E-state index in [0.29, 0.717) is 45.1 Å². The lowest BCUT2D eigenvalue weighted by Crippen LogP contribution is -2.30. The van der Waals surface area contributed by atoms with Crippen LogP contribution in [0.15, 0.2) is 0 Å². The third-order valence-corrected chi connectivity index (χ3v) is 3.28. The molecule has 0 aromatic carbocycles. The first-order chi connectivity index (χ1) is 9.64. The average Bonchev–Trinajstić information content (AvgIpc) is 2.48. The van der Waals surface area contributed by atoms with E-state index in [4.69, 9.17) is 25.8 Å². The van der Waals surface area contributed by atoms with E-state index in [-0.39, 0.29) is 18.6 Å². The third kappa shape index (κ3) is 7.85. The van der Waals surface area contributed by atoms with Gasteiger partial charge in [0.1, 0.15) is 6.10 Å². The number of ether oxygens (including phenoxy) is 1. The maximum atomic E-state index is 9.27. The molecule has 3 N–H and O–H groups in total. The van der Waals surface area contributed by atoms with Gasteiger partial charge >= 0.3 is 0 Å². The summed E-state index contributed by atoms with van der Waals surface area (Å²) in [7, 11) is 0. The Balaban J connectivity index is 4.62. The van der Waals surface area contributed by atoms with Crippen molar-refractivity contribution in [3.8, 4) is 12.1 Å². The van der Waals surface area contributed by atoms with Crippen molar-refractivity contribution in [3.05, 3.63) is 0 Å². The second-order valence-electron chi connectivity index (χ2n) is 4.91. The van der Waals surface area contributed by atoms with Crippen molar-refractivity contribution in [2.75, 3.05) is 19.8 Å². The molecular formula is C14H23N3O3. The molecule has 0 aromatic heterocycles. The minimum absolute atomic E-state index is 0.0297. The number of nitrogens with one attached hydrogen (secondary N) is 1. The summed E-state index contributed by atoms with van der Waals surface area (Å²) < 4.78 is 5.44. The minimum Gasteiger partial charge on any atom is -0.394 e. The second-order valence-corrected chi connectivity index (χ2v) is 4.91. The Labute approximate surface area is 120 Å². The van der Waals surface area contributed by atoms with E-state index in [1.165, 1.54) is 6.21 Å². The molecule has 1 unspecified atom stereocenters. The van der Waals surface area contributed by atoms with E-state index < -0.39 is 6.10 Å². The number of nitriles is 2. The SMILES string of the molecule is N#CCCC(CCC#N)(CCC=N)COCC(O)CO. The van der Waals surface area contributed by atoms with Crippen LogP contribution in [-0.4, -0.2) is 42.4 Å².